The Labute approximate surface area is 135 Å². The molecule has 3 aromatic carbocycles. The molecule has 0 fully saturated rings. The molecule has 3 heteroatoms. The average Bonchev–Trinajstić information content (AvgIpc) is 2.53. The van der Waals surface area contributed by atoms with Crippen molar-refractivity contribution in [3.63, 3.8) is 0 Å². The van der Waals surface area contributed by atoms with E-state index in [-0.39, 0.29) is 5.92 Å². The molecule has 0 unspecified atom stereocenters. The molecule has 0 saturated carbocycles. The standard InChI is InChI=1S/C19H17ClN2/c20-16-7-1-13(2-8-16)19(14-3-9-17(21)10-4-14)15-5-11-18(22)12-6-15/h1-12,19H,21-22H2. The molecule has 3 aromatic rings. The Balaban J connectivity index is 2.10. The number of rotatable bonds is 3. The van der Waals surface area contributed by atoms with Crippen LogP contribution in [0, 0.1) is 0 Å². The van der Waals surface area contributed by atoms with Crippen LogP contribution in [0.1, 0.15) is 22.6 Å². The number of nitrogen functional groups attached to an aromatic ring is 2. The van der Waals surface area contributed by atoms with Crippen molar-refractivity contribution < 1.29 is 0 Å². The summed E-state index contributed by atoms with van der Waals surface area (Å²) in [5.41, 5.74) is 16.7. The maximum atomic E-state index is 6.02. The molecule has 0 aliphatic heterocycles. The van der Waals surface area contributed by atoms with E-state index in [4.69, 9.17) is 23.1 Å². The van der Waals surface area contributed by atoms with Gasteiger partial charge in [-0.15, -0.1) is 0 Å². The van der Waals surface area contributed by atoms with Crippen LogP contribution in [0.2, 0.25) is 5.02 Å². The highest BCUT2D eigenvalue weighted by Gasteiger charge is 2.16. The summed E-state index contributed by atoms with van der Waals surface area (Å²) in [6.45, 7) is 0. The number of nitrogens with two attached hydrogens (primary N) is 2. The van der Waals surface area contributed by atoms with Crippen LogP contribution in [0.15, 0.2) is 72.8 Å². The average molecular weight is 309 g/mol. The van der Waals surface area contributed by atoms with Crippen LogP contribution in [-0.2, 0) is 0 Å². The fourth-order valence-electron chi connectivity index (χ4n) is 2.61. The first-order valence-corrected chi connectivity index (χ1v) is 7.47. The highest BCUT2D eigenvalue weighted by molar-refractivity contribution is 6.30. The maximum Gasteiger partial charge on any atom is 0.0406 e. The SMILES string of the molecule is Nc1ccc(C(c2ccc(N)cc2)c2ccc(Cl)cc2)cc1. The van der Waals surface area contributed by atoms with Gasteiger partial charge in [0.25, 0.3) is 0 Å². The molecule has 0 spiro atoms. The molecular weight excluding hydrogens is 292 g/mol. The zero-order valence-electron chi connectivity index (χ0n) is 12.0. The fraction of sp³-hybridized carbons (Fsp3) is 0.0526. The number of halogens is 1. The van der Waals surface area contributed by atoms with Crippen LogP contribution in [0.3, 0.4) is 0 Å². The van der Waals surface area contributed by atoms with Crippen LogP contribution in [0.25, 0.3) is 0 Å². The van der Waals surface area contributed by atoms with E-state index in [0.29, 0.717) is 0 Å². The van der Waals surface area contributed by atoms with Gasteiger partial charge in [-0.1, -0.05) is 48.0 Å². The monoisotopic (exact) mass is 308 g/mol. The van der Waals surface area contributed by atoms with E-state index in [1.54, 1.807) is 0 Å². The number of benzene rings is 3. The molecule has 3 rings (SSSR count). The predicted octanol–water partition coefficient (Wildman–Crippen LogP) is 4.68. The lowest BCUT2D eigenvalue weighted by molar-refractivity contribution is 0.978. The van der Waals surface area contributed by atoms with Gasteiger partial charge in [0.05, 0.1) is 0 Å². The Morgan fingerprint density at radius 3 is 1.23 bits per heavy atom. The molecule has 0 radical (unpaired) electrons. The molecule has 0 amide bonds. The lowest BCUT2D eigenvalue weighted by atomic mass is 9.85. The summed E-state index contributed by atoms with van der Waals surface area (Å²) < 4.78 is 0. The first-order chi connectivity index (χ1) is 10.6. The molecule has 0 aliphatic rings. The van der Waals surface area contributed by atoms with E-state index in [9.17, 15) is 0 Å². The summed E-state index contributed by atoms with van der Waals surface area (Å²) in [6, 6.07) is 23.9. The van der Waals surface area contributed by atoms with Crippen LogP contribution in [0.5, 0.6) is 0 Å². The normalized spacial score (nSPS) is 10.8. The lowest BCUT2D eigenvalue weighted by Gasteiger charge is -2.19. The van der Waals surface area contributed by atoms with Crippen LogP contribution in [0.4, 0.5) is 11.4 Å². The summed E-state index contributed by atoms with van der Waals surface area (Å²) in [6.07, 6.45) is 0. The van der Waals surface area contributed by atoms with E-state index < -0.39 is 0 Å². The molecule has 0 heterocycles. The van der Waals surface area contributed by atoms with E-state index >= 15 is 0 Å². The molecule has 0 atom stereocenters. The van der Waals surface area contributed by atoms with Crippen molar-refractivity contribution in [2.75, 3.05) is 11.5 Å². The van der Waals surface area contributed by atoms with Crippen LogP contribution < -0.4 is 11.5 Å². The third-order valence-corrected chi connectivity index (χ3v) is 3.99. The predicted molar refractivity (Wildman–Crippen MR) is 94.1 cm³/mol. The zero-order chi connectivity index (χ0) is 15.5. The quantitative estimate of drug-likeness (QED) is 0.545. The smallest absolute Gasteiger partial charge is 0.0406 e. The van der Waals surface area contributed by atoms with Crippen LogP contribution >= 0.6 is 11.6 Å². The second-order valence-electron chi connectivity index (χ2n) is 5.32. The van der Waals surface area contributed by atoms with Gasteiger partial charge in [-0.05, 0) is 53.1 Å². The van der Waals surface area contributed by atoms with Gasteiger partial charge in [0, 0.05) is 22.3 Å². The van der Waals surface area contributed by atoms with Gasteiger partial charge in [0.1, 0.15) is 0 Å². The van der Waals surface area contributed by atoms with E-state index in [1.807, 2.05) is 36.4 Å². The van der Waals surface area contributed by atoms with Crippen molar-refractivity contribution in [1.29, 1.82) is 0 Å². The Kier molecular flexibility index (Phi) is 4.03. The fourth-order valence-corrected chi connectivity index (χ4v) is 2.74. The summed E-state index contributed by atoms with van der Waals surface area (Å²) in [7, 11) is 0. The molecule has 0 saturated heterocycles. The van der Waals surface area contributed by atoms with E-state index in [2.05, 4.69) is 36.4 Å². The Morgan fingerprint density at radius 1 is 0.545 bits per heavy atom. The molecule has 0 aromatic heterocycles. The summed E-state index contributed by atoms with van der Waals surface area (Å²) in [4.78, 5) is 0. The summed E-state index contributed by atoms with van der Waals surface area (Å²) >= 11 is 6.02. The Bertz CT molecular complexity index is 639. The molecule has 110 valence electrons. The van der Waals surface area contributed by atoms with Crippen LogP contribution in [-0.4, -0.2) is 0 Å². The van der Waals surface area contributed by atoms with Crippen molar-refractivity contribution in [2.24, 2.45) is 0 Å². The van der Waals surface area contributed by atoms with Gasteiger partial charge in [-0.25, -0.2) is 0 Å². The Hall–Kier alpha value is -2.45. The van der Waals surface area contributed by atoms with Gasteiger partial charge in [0.15, 0.2) is 0 Å². The van der Waals surface area contributed by atoms with E-state index in [0.717, 1.165) is 16.4 Å². The van der Waals surface area contributed by atoms with Crippen molar-refractivity contribution in [2.45, 2.75) is 5.92 Å². The second kappa shape index (κ2) is 6.12. The van der Waals surface area contributed by atoms with Gasteiger partial charge >= 0.3 is 0 Å². The van der Waals surface area contributed by atoms with Crippen molar-refractivity contribution >= 4 is 23.0 Å². The minimum atomic E-state index is 0.124. The van der Waals surface area contributed by atoms with Crippen molar-refractivity contribution in [1.82, 2.24) is 0 Å². The molecule has 0 aliphatic carbocycles. The number of hydrogen-bond donors (Lipinski definition) is 2. The number of anilines is 2. The molecule has 22 heavy (non-hydrogen) atoms. The molecular formula is C19H17ClN2. The highest BCUT2D eigenvalue weighted by atomic mass is 35.5. The summed E-state index contributed by atoms with van der Waals surface area (Å²) in [5.74, 6) is 0.124. The topological polar surface area (TPSA) is 52.0 Å². The second-order valence-corrected chi connectivity index (χ2v) is 5.75. The highest BCUT2D eigenvalue weighted by Crippen LogP contribution is 2.33. The van der Waals surface area contributed by atoms with Crippen molar-refractivity contribution in [3.8, 4) is 0 Å². The lowest BCUT2D eigenvalue weighted by Crippen LogP contribution is -2.04. The third-order valence-electron chi connectivity index (χ3n) is 3.74. The largest absolute Gasteiger partial charge is 0.399 e. The first-order valence-electron chi connectivity index (χ1n) is 7.10. The Morgan fingerprint density at radius 2 is 0.864 bits per heavy atom. The molecule has 0 bridgehead atoms. The molecule has 4 N–H and O–H groups in total. The minimum Gasteiger partial charge on any atom is -0.399 e. The van der Waals surface area contributed by atoms with Gasteiger partial charge in [-0.3, -0.25) is 0 Å². The maximum absolute atomic E-state index is 6.02. The third kappa shape index (κ3) is 3.07. The van der Waals surface area contributed by atoms with Crippen molar-refractivity contribution in [3.05, 3.63) is 94.5 Å². The zero-order valence-corrected chi connectivity index (χ0v) is 12.8. The molecule has 2 nitrogen and oxygen atoms in total. The van der Waals surface area contributed by atoms with Gasteiger partial charge < -0.3 is 11.5 Å². The van der Waals surface area contributed by atoms with E-state index in [1.165, 1.54) is 16.7 Å². The number of hydrogen-bond acceptors (Lipinski definition) is 2. The van der Waals surface area contributed by atoms with Gasteiger partial charge in [0.2, 0.25) is 0 Å². The summed E-state index contributed by atoms with van der Waals surface area (Å²) in [5, 5.41) is 0.733. The van der Waals surface area contributed by atoms with Gasteiger partial charge in [-0.2, -0.15) is 0 Å². The first kappa shape index (κ1) is 14.5. The minimum absolute atomic E-state index is 0.124.